The minimum Gasteiger partial charge on any atom is -0.342 e. The van der Waals surface area contributed by atoms with Crippen molar-refractivity contribution in [3.8, 4) is 0 Å². The Kier molecular flexibility index (Phi) is 5.20. The second kappa shape index (κ2) is 7.11. The fourth-order valence-corrected chi connectivity index (χ4v) is 2.29. The molecule has 22 heavy (non-hydrogen) atoms. The molecule has 0 spiro atoms. The number of H-pyrrole nitrogens is 1. The summed E-state index contributed by atoms with van der Waals surface area (Å²) in [6.45, 7) is 6.61. The summed E-state index contributed by atoms with van der Waals surface area (Å²) in [6, 6.07) is 7.35. The summed E-state index contributed by atoms with van der Waals surface area (Å²) in [4.78, 5) is 26.8. The molecule has 0 aliphatic carbocycles. The predicted octanol–water partition coefficient (Wildman–Crippen LogP) is 3.09. The number of aryl methyl sites for hydroxylation is 2. The van der Waals surface area contributed by atoms with Gasteiger partial charge in [0.2, 0.25) is 0 Å². The Morgan fingerprint density at radius 2 is 1.86 bits per heavy atom. The summed E-state index contributed by atoms with van der Waals surface area (Å²) in [5.41, 5.74) is 2.56. The Morgan fingerprint density at radius 3 is 2.50 bits per heavy atom. The molecule has 0 bridgehead atoms. The normalized spacial score (nSPS) is 10.7. The van der Waals surface area contributed by atoms with Crippen molar-refractivity contribution in [1.29, 1.82) is 0 Å². The maximum atomic E-state index is 12.1. The highest BCUT2D eigenvalue weighted by atomic mass is 16.2. The van der Waals surface area contributed by atoms with Gasteiger partial charge in [0.1, 0.15) is 5.82 Å². The lowest BCUT2D eigenvalue weighted by molar-refractivity contribution is 0.564. The van der Waals surface area contributed by atoms with Crippen LogP contribution in [0, 0.1) is 13.8 Å². The van der Waals surface area contributed by atoms with Crippen LogP contribution >= 0.6 is 0 Å². The number of nitrogens with one attached hydrogen (secondary N) is 2. The van der Waals surface area contributed by atoms with E-state index in [1.54, 1.807) is 0 Å². The Balaban J connectivity index is 2.21. The Morgan fingerprint density at radius 1 is 1.09 bits per heavy atom. The molecule has 2 rings (SSSR count). The molecule has 0 fully saturated rings. The second-order valence-corrected chi connectivity index (χ2v) is 5.61. The van der Waals surface area contributed by atoms with E-state index in [1.807, 2.05) is 32.0 Å². The number of nitrogens with zero attached hydrogens (tertiary/aromatic N) is 1. The van der Waals surface area contributed by atoms with Gasteiger partial charge in [-0.15, -0.1) is 0 Å². The van der Waals surface area contributed by atoms with Crippen molar-refractivity contribution in [3.05, 3.63) is 56.2 Å². The number of rotatable bonds is 6. The van der Waals surface area contributed by atoms with E-state index in [-0.39, 0.29) is 11.2 Å². The van der Waals surface area contributed by atoms with Crippen LogP contribution in [0.1, 0.15) is 37.3 Å². The standard InChI is InChI=1S/C17H23N3O2/c1-4-5-6-9-20-16(21)11-15(19-17(20)22)18-14-8-7-12(2)13(3)10-14/h7-8,10-11,18H,4-6,9H2,1-3H3,(H,19,22). The zero-order valence-corrected chi connectivity index (χ0v) is 13.4. The highest BCUT2D eigenvalue weighted by Gasteiger charge is 2.05. The van der Waals surface area contributed by atoms with Crippen molar-refractivity contribution in [2.45, 2.75) is 46.6 Å². The van der Waals surface area contributed by atoms with Crippen molar-refractivity contribution in [2.75, 3.05) is 5.32 Å². The molecule has 0 unspecified atom stereocenters. The van der Waals surface area contributed by atoms with Crippen molar-refractivity contribution in [2.24, 2.45) is 0 Å². The fraction of sp³-hybridized carbons (Fsp3) is 0.412. The van der Waals surface area contributed by atoms with Crippen molar-refractivity contribution in [3.63, 3.8) is 0 Å². The number of anilines is 2. The first-order valence-corrected chi connectivity index (χ1v) is 7.69. The molecule has 0 aliphatic heterocycles. The van der Waals surface area contributed by atoms with Crippen LogP contribution in [0.4, 0.5) is 11.5 Å². The summed E-state index contributed by atoms with van der Waals surface area (Å²) in [5, 5.41) is 3.08. The number of unbranched alkanes of at least 4 members (excludes halogenated alkanes) is 2. The molecule has 0 saturated carbocycles. The quantitative estimate of drug-likeness (QED) is 0.806. The van der Waals surface area contributed by atoms with Crippen LogP contribution in [-0.4, -0.2) is 9.55 Å². The summed E-state index contributed by atoms with van der Waals surface area (Å²) in [7, 11) is 0. The van der Waals surface area contributed by atoms with E-state index >= 15 is 0 Å². The molecule has 0 amide bonds. The first-order chi connectivity index (χ1) is 10.5. The van der Waals surface area contributed by atoms with Gasteiger partial charge in [-0.3, -0.25) is 14.3 Å². The number of aromatic amines is 1. The third-order valence-corrected chi connectivity index (χ3v) is 3.79. The molecule has 0 radical (unpaired) electrons. The molecule has 0 saturated heterocycles. The maximum absolute atomic E-state index is 12.1. The van der Waals surface area contributed by atoms with Gasteiger partial charge in [-0.05, 0) is 43.5 Å². The lowest BCUT2D eigenvalue weighted by Gasteiger charge is -2.10. The Hall–Kier alpha value is -2.30. The molecule has 5 nitrogen and oxygen atoms in total. The Bertz CT molecular complexity index is 728. The van der Waals surface area contributed by atoms with Crippen LogP contribution in [-0.2, 0) is 6.54 Å². The van der Waals surface area contributed by atoms with Crippen LogP contribution in [0.25, 0.3) is 0 Å². The number of aromatic nitrogens is 2. The van der Waals surface area contributed by atoms with E-state index in [0.29, 0.717) is 12.4 Å². The molecule has 1 heterocycles. The van der Waals surface area contributed by atoms with Crippen LogP contribution in [0.3, 0.4) is 0 Å². The van der Waals surface area contributed by atoms with Gasteiger partial charge in [-0.25, -0.2) is 4.79 Å². The van der Waals surface area contributed by atoms with Gasteiger partial charge in [-0.1, -0.05) is 25.8 Å². The van der Waals surface area contributed by atoms with Crippen LogP contribution in [0.2, 0.25) is 0 Å². The van der Waals surface area contributed by atoms with Crippen molar-refractivity contribution < 1.29 is 0 Å². The van der Waals surface area contributed by atoms with Crippen molar-refractivity contribution >= 4 is 11.5 Å². The van der Waals surface area contributed by atoms with Gasteiger partial charge >= 0.3 is 5.69 Å². The van der Waals surface area contributed by atoms with Crippen LogP contribution in [0.15, 0.2) is 33.9 Å². The smallest absolute Gasteiger partial charge is 0.329 e. The molecule has 1 aromatic heterocycles. The van der Waals surface area contributed by atoms with Gasteiger partial charge in [0.25, 0.3) is 5.56 Å². The van der Waals surface area contributed by atoms with Crippen molar-refractivity contribution in [1.82, 2.24) is 9.55 Å². The molecular weight excluding hydrogens is 278 g/mol. The van der Waals surface area contributed by atoms with E-state index in [2.05, 4.69) is 17.2 Å². The highest BCUT2D eigenvalue weighted by molar-refractivity contribution is 5.57. The van der Waals surface area contributed by atoms with Gasteiger partial charge in [0.05, 0.1) is 0 Å². The largest absolute Gasteiger partial charge is 0.342 e. The lowest BCUT2D eigenvalue weighted by Crippen LogP contribution is -2.35. The predicted molar refractivity (Wildman–Crippen MR) is 90.0 cm³/mol. The first kappa shape index (κ1) is 16.1. The molecule has 5 heteroatoms. The minimum absolute atomic E-state index is 0.272. The van der Waals surface area contributed by atoms with Gasteiger partial charge in [0, 0.05) is 18.3 Å². The number of hydrogen-bond donors (Lipinski definition) is 2. The molecule has 2 N–H and O–H groups in total. The summed E-state index contributed by atoms with van der Waals surface area (Å²) in [6.07, 6.45) is 2.90. The van der Waals surface area contributed by atoms with Gasteiger partial charge in [-0.2, -0.15) is 0 Å². The van der Waals surface area contributed by atoms with Gasteiger partial charge in [0.15, 0.2) is 0 Å². The summed E-state index contributed by atoms with van der Waals surface area (Å²) in [5.74, 6) is 0.421. The molecule has 2 aromatic rings. The second-order valence-electron chi connectivity index (χ2n) is 5.61. The monoisotopic (exact) mass is 301 g/mol. The van der Waals surface area contributed by atoms with E-state index in [4.69, 9.17) is 0 Å². The molecule has 0 aliphatic rings. The summed E-state index contributed by atoms with van der Waals surface area (Å²) < 4.78 is 1.25. The fourth-order valence-electron chi connectivity index (χ4n) is 2.29. The third-order valence-electron chi connectivity index (χ3n) is 3.79. The van der Waals surface area contributed by atoms with E-state index in [9.17, 15) is 9.59 Å². The number of hydrogen-bond acceptors (Lipinski definition) is 3. The minimum atomic E-state index is -0.366. The van der Waals surface area contributed by atoms with Crippen LogP contribution < -0.4 is 16.6 Å². The topological polar surface area (TPSA) is 66.9 Å². The molecular formula is C17H23N3O2. The molecule has 1 aromatic carbocycles. The molecule has 118 valence electrons. The molecule has 0 atom stereocenters. The summed E-state index contributed by atoms with van der Waals surface area (Å²) >= 11 is 0. The van der Waals surface area contributed by atoms with Gasteiger partial charge < -0.3 is 5.32 Å². The zero-order chi connectivity index (χ0) is 16.1. The lowest BCUT2D eigenvalue weighted by atomic mass is 10.1. The van der Waals surface area contributed by atoms with E-state index in [1.165, 1.54) is 16.2 Å². The zero-order valence-electron chi connectivity index (χ0n) is 13.4. The van der Waals surface area contributed by atoms with E-state index < -0.39 is 0 Å². The van der Waals surface area contributed by atoms with E-state index in [0.717, 1.165) is 30.5 Å². The average Bonchev–Trinajstić information content (AvgIpc) is 2.46. The maximum Gasteiger partial charge on any atom is 0.329 e. The third kappa shape index (κ3) is 3.87. The van der Waals surface area contributed by atoms with Crippen LogP contribution in [0.5, 0.6) is 0 Å². The highest BCUT2D eigenvalue weighted by Crippen LogP contribution is 2.16. The first-order valence-electron chi connectivity index (χ1n) is 7.69. The average molecular weight is 301 g/mol. The Labute approximate surface area is 130 Å². The number of benzene rings is 1. The SMILES string of the molecule is CCCCCn1c(=O)cc(Nc2ccc(C)c(C)c2)[nH]c1=O.